The maximum absolute atomic E-state index is 4.48. The van der Waals surface area contributed by atoms with Crippen molar-refractivity contribution in [3.8, 4) is 0 Å². The summed E-state index contributed by atoms with van der Waals surface area (Å²) in [5, 5.41) is 7.93. The fourth-order valence-corrected chi connectivity index (χ4v) is 1.96. The normalized spacial score (nSPS) is 10.9. The topological polar surface area (TPSA) is 42.7 Å². The molecule has 0 saturated carbocycles. The van der Waals surface area contributed by atoms with Crippen molar-refractivity contribution < 1.29 is 0 Å². The third kappa shape index (κ3) is 3.09. The average Bonchev–Trinajstić information content (AvgIpc) is 2.72. The summed E-state index contributed by atoms with van der Waals surface area (Å²) in [6.07, 6.45) is 6.72. The van der Waals surface area contributed by atoms with Crippen LogP contribution in [0.1, 0.15) is 31.0 Å². The highest BCUT2D eigenvalue weighted by atomic mass is 15.3. The van der Waals surface area contributed by atoms with Gasteiger partial charge in [0.25, 0.3) is 0 Å². The number of hydrogen-bond acceptors (Lipinski definition) is 3. The first-order chi connectivity index (χ1) is 8.66. The first-order valence-corrected chi connectivity index (χ1v) is 6.33. The van der Waals surface area contributed by atoms with Crippen molar-refractivity contribution in [2.75, 3.05) is 11.9 Å². The summed E-state index contributed by atoms with van der Waals surface area (Å²) in [5.41, 5.74) is 3.51. The minimum Gasteiger partial charge on any atom is -0.382 e. The molecule has 0 aliphatic rings. The van der Waals surface area contributed by atoms with Crippen LogP contribution in [0.5, 0.6) is 0 Å². The van der Waals surface area contributed by atoms with Gasteiger partial charge >= 0.3 is 0 Å². The van der Waals surface area contributed by atoms with Crippen LogP contribution in [0, 0.1) is 0 Å². The Bertz CT molecular complexity index is 488. The number of hydrogen-bond donors (Lipinski definition) is 1. The third-order valence-corrected chi connectivity index (χ3v) is 2.86. The van der Waals surface area contributed by atoms with Crippen LogP contribution in [0.4, 0.5) is 5.69 Å². The molecule has 0 aliphatic heterocycles. The quantitative estimate of drug-likeness (QED) is 0.879. The lowest BCUT2D eigenvalue weighted by molar-refractivity contribution is 0.713. The van der Waals surface area contributed by atoms with Gasteiger partial charge in [-0.1, -0.05) is 19.9 Å². The zero-order chi connectivity index (χ0) is 13.0. The highest BCUT2D eigenvalue weighted by Crippen LogP contribution is 2.21. The van der Waals surface area contributed by atoms with Crippen molar-refractivity contribution in [1.82, 2.24) is 14.8 Å². The van der Waals surface area contributed by atoms with Gasteiger partial charge < -0.3 is 5.32 Å². The van der Waals surface area contributed by atoms with Crippen LogP contribution in [0.15, 0.2) is 30.7 Å². The molecule has 4 heteroatoms. The molecule has 0 spiro atoms. The first-order valence-electron chi connectivity index (χ1n) is 6.33. The van der Waals surface area contributed by atoms with Crippen LogP contribution < -0.4 is 5.32 Å². The summed E-state index contributed by atoms with van der Waals surface area (Å²) < 4.78 is 1.86. The van der Waals surface area contributed by atoms with Gasteiger partial charge in [-0.3, -0.25) is 9.67 Å². The molecule has 4 nitrogen and oxygen atoms in total. The van der Waals surface area contributed by atoms with Crippen molar-refractivity contribution >= 4 is 5.69 Å². The minimum absolute atomic E-state index is 0.437. The number of aromatic nitrogens is 3. The fraction of sp³-hybridized carbons (Fsp3) is 0.429. The van der Waals surface area contributed by atoms with Crippen molar-refractivity contribution in [1.29, 1.82) is 0 Å². The van der Waals surface area contributed by atoms with E-state index in [1.807, 2.05) is 30.2 Å². The van der Waals surface area contributed by atoms with E-state index >= 15 is 0 Å². The highest BCUT2D eigenvalue weighted by molar-refractivity contribution is 5.47. The van der Waals surface area contributed by atoms with Gasteiger partial charge in [0.1, 0.15) is 0 Å². The molecule has 0 atom stereocenters. The summed E-state index contributed by atoms with van der Waals surface area (Å²) >= 11 is 0. The highest BCUT2D eigenvalue weighted by Gasteiger charge is 2.10. The fourth-order valence-electron chi connectivity index (χ4n) is 1.96. The SMILES string of the molecule is CC(C)c1nn(C)cc1NCCc1cccnc1. The number of nitrogens with zero attached hydrogens (tertiary/aromatic N) is 3. The summed E-state index contributed by atoms with van der Waals surface area (Å²) in [6, 6.07) is 4.07. The van der Waals surface area contributed by atoms with Gasteiger partial charge in [-0.15, -0.1) is 0 Å². The van der Waals surface area contributed by atoms with Gasteiger partial charge in [-0.25, -0.2) is 0 Å². The molecule has 0 aromatic carbocycles. The molecule has 0 amide bonds. The molecule has 0 bridgehead atoms. The van der Waals surface area contributed by atoms with Gasteiger partial charge in [0.15, 0.2) is 0 Å². The molecular weight excluding hydrogens is 224 g/mol. The van der Waals surface area contributed by atoms with E-state index in [0.29, 0.717) is 5.92 Å². The molecule has 0 saturated heterocycles. The van der Waals surface area contributed by atoms with Gasteiger partial charge in [-0.2, -0.15) is 5.10 Å². The molecule has 1 N–H and O–H groups in total. The Kier molecular flexibility index (Phi) is 3.97. The maximum atomic E-state index is 4.48. The van der Waals surface area contributed by atoms with Crippen LogP contribution >= 0.6 is 0 Å². The molecule has 96 valence electrons. The second-order valence-electron chi connectivity index (χ2n) is 4.79. The van der Waals surface area contributed by atoms with Crippen LogP contribution in [-0.2, 0) is 13.5 Å². The molecule has 18 heavy (non-hydrogen) atoms. The Labute approximate surface area is 108 Å². The van der Waals surface area contributed by atoms with E-state index in [1.54, 1.807) is 6.20 Å². The zero-order valence-electron chi connectivity index (χ0n) is 11.2. The molecule has 0 radical (unpaired) electrons. The lowest BCUT2D eigenvalue weighted by Gasteiger charge is -2.08. The van der Waals surface area contributed by atoms with Gasteiger partial charge in [0.2, 0.25) is 0 Å². The van der Waals surface area contributed by atoms with E-state index in [4.69, 9.17) is 0 Å². The van der Waals surface area contributed by atoms with E-state index in [-0.39, 0.29) is 0 Å². The van der Waals surface area contributed by atoms with Crippen molar-refractivity contribution in [3.05, 3.63) is 42.0 Å². The molecule has 2 rings (SSSR count). The van der Waals surface area contributed by atoms with Crippen LogP contribution in [0.3, 0.4) is 0 Å². The smallest absolute Gasteiger partial charge is 0.0881 e. The molecule has 2 aromatic heterocycles. The first kappa shape index (κ1) is 12.6. The lowest BCUT2D eigenvalue weighted by Crippen LogP contribution is -2.06. The predicted molar refractivity (Wildman–Crippen MR) is 73.7 cm³/mol. The Morgan fingerprint density at radius 2 is 2.22 bits per heavy atom. The number of rotatable bonds is 5. The molecule has 0 fully saturated rings. The number of aryl methyl sites for hydroxylation is 1. The van der Waals surface area contributed by atoms with E-state index in [0.717, 1.165) is 24.3 Å². The molecule has 2 aromatic rings. The van der Waals surface area contributed by atoms with Crippen molar-refractivity contribution in [2.24, 2.45) is 7.05 Å². The van der Waals surface area contributed by atoms with Gasteiger partial charge in [-0.05, 0) is 24.0 Å². The third-order valence-electron chi connectivity index (χ3n) is 2.86. The second kappa shape index (κ2) is 5.67. The standard InChI is InChI=1S/C14H20N4/c1-11(2)14-13(10-18(3)17-14)16-8-6-12-5-4-7-15-9-12/h4-5,7,9-11,16H,6,8H2,1-3H3. The lowest BCUT2D eigenvalue weighted by atomic mass is 10.1. The van der Waals surface area contributed by atoms with E-state index in [2.05, 4.69) is 35.3 Å². The van der Waals surface area contributed by atoms with E-state index in [9.17, 15) is 0 Å². The Morgan fingerprint density at radius 3 is 2.89 bits per heavy atom. The maximum Gasteiger partial charge on any atom is 0.0881 e. The summed E-state index contributed by atoms with van der Waals surface area (Å²) in [7, 11) is 1.96. The molecule has 0 unspecified atom stereocenters. The summed E-state index contributed by atoms with van der Waals surface area (Å²) in [6.45, 7) is 5.22. The largest absolute Gasteiger partial charge is 0.382 e. The number of nitrogens with one attached hydrogen (secondary N) is 1. The minimum atomic E-state index is 0.437. The van der Waals surface area contributed by atoms with E-state index < -0.39 is 0 Å². The zero-order valence-corrected chi connectivity index (χ0v) is 11.2. The van der Waals surface area contributed by atoms with Crippen molar-refractivity contribution in [2.45, 2.75) is 26.2 Å². The monoisotopic (exact) mass is 244 g/mol. The van der Waals surface area contributed by atoms with Crippen LogP contribution in [-0.4, -0.2) is 21.3 Å². The average molecular weight is 244 g/mol. The van der Waals surface area contributed by atoms with Crippen molar-refractivity contribution in [3.63, 3.8) is 0 Å². The number of pyridine rings is 1. The van der Waals surface area contributed by atoms with Crippen LogP contribution in [0.2, 0.25) is 0 Å². The number of anilines is 1. The Balaban J connectivity index is 1.94. The molecule has 2 heterocycles. The molecular formula is C14H20N4. The second-order valence-corrected chi connectivity index (χ2v) is 4.79. The predicted octanol–water partition coefficient (Wildman–Crippen LogP) is 2.59. The van der Waals surface area contributed by atoms with Gasteiger partial charge in [0, 0.05) is 32.2 Å². The van der Waals surface area contributed by atoms with Gasteiger partial charge in [0.05, 0.1) is 11.4 Å². The molecule has 0 aliphatic carbocycles. The Hall–Kier alpha value is -1.84. The van der Waals surface area contributed by atoms with E-state index in [1.165, 1.54) is 5.56 Å². The Morgan fingerprint density at radius 1 is 1.39 bits per heavy atom. The summed E-state index contributed by atoms with van der Waals surface area (Å²) in [5.74, 6) is 0.437. The summed E-state index contributed by atoms with van der Waals surface area (Å²) in [4.78, 5) is 4.12. The van der Waals surface area contributed by atoms with Crippen LogP contribution in [0.25, 0.3) is 0 Å².